The Morgan fingerprint density at radius 2 is 2.07 bits per heavy atom. The van der Waals surface area contributed by atoms with Gasteiger partial charge in [-0.05, 0) is 41.9 Å². The molecule has 8 nitrogen and oxygen atoms in total. The number of aliphatic hydroxyl groups is 1. The maximum absolute atomic E-state index is 11.5. The van der Waals surface area contributed by atoms with Crippen LogP contribution in [0, 0.1) is 0 Å². The van der Waals surface area contributed by atoms with Gasteiger partial charge < -0.3 is 29.4 Å². The zero-order chi connectivity index (χ0) is 21.3. The van der Waals surface area contributed by atoms with Gasteiger partial charge in [0.25, 0.3) is 0 Å². The zero-order valence-corrected chi connectivity index (χ0v) is 17.4. The highest BCUT2D eigenvalue weighted by molar-refractivity contribution is 5.87. The fraction of sp³-hybridized carbons (Fsp3) is 0.500. The molecule has 1 amide bonds. The van der Waals surface area contributed by atoms with Crippen LogP contribution in [-0.2, 0) is 14.2 Å². The standard InChI is InChI=1S/C22H30N2O6/c1-23-20(25)14-30-22(26)24-10-4-7-21-28-12-16(13-29-21)18-6-3-5-15-8-9-17(27-2)11-19(15)18/h3,5-6,8-9,11,16,20-21,23,25H,4,7,10,12-14H2,1-2H3,(H,24,26). The lowest BCUT2D eigenvalue weighted by molar-refractivity contribution is -0.189. The third-order valence-corrected chi connectivity index (χ3v) is 5.12. The molecule has 1 heterocycles. The number of methoxy groups -OCH3 is 1. The minimum Gasteiger partial charge on any atom is -0.497 e. The summed E-state index contributed by atoms with van der Waals surface area (Å²) in [7, 11) is 3.25. The summed E-state index contributed by atoms with van der Waals surface area (Å²) in [6.07, 6.45) is -0.327. The number of fused-ring (bicyclic) bond motifs is 1. The maximum Gasteiger partial charge on any atom is 0.407 e. The molecule has 3 rings (SSSR count). The van der Waals surface area contributed by atoms with E-state index in [0.29, 0.717) is 32.6 Å². The fourth-order valence-corrected chi connectivity index (χ4v) is 3.40. The Morgan fingerprint density at radius 1 is 1.27 bits per heavy atom. The minimum absolute atomic E-state index is 0.0986. The average Bonchev–Trinajstić information content (AvgIpc) is 2.79. The van der Waals surface area contributed by atoms with Crippen molar-refractivity contribution in [1.29, 1.82) is 0 Å². The number of amides is 1. The highest BCUT2D eigenvalue weighted by Crippen LogP contribution is 2.31. The molecule has 0 aromatic heterocycles. The van der Waals surface area contributed by atoms with Gasteiger partial charge in [0.2, 0.25) is 0 Å². The summed E-state index contributed by atoms with van der Waals surface area (Å²) in [6.45, 7) is 1.51. The van der Waals surface area contributed by atoms with Crippen LogP contribution in [0.1, 0.15) is 24.3 Å². The molecule has 1 unspecified atom stereocenters. The Balaban J connectivity index is 1.42. The number of alkyl carbamates (subject to hydrolysis) is 1. The molecule has 8 heteroatoms. The molecule has 30 heavy (non-hydrogen) atoms. The van der Waals surface area contributed by atoms with Gasteiger partial charge in [-0.3, -0.25) is 5.32 Å². The SMILES string of the molecule is CNC(O)COC(=O)NCCCC1OCC(c2cccc3ccc(OC)cc23)CO1. The van der Waals surface area contributed by atoms with Gasteiger partial charge in [-0.1, -0.05) is 24.3 Å². The van der Waals surface area contributed by atoms with E-state index in [4.69, 9.17) is 18.9 Å². The van der Waals surface area contributed by atoms with Crippen LogP contribution in [0.2, 0.25) is 0 Å². The van der Waals surface area contributed by atoms with Crippen LogP contribution in [0.5, 0.6) is 5.75 Å². The first-order valence-electron chi connectivity index (χ1n) is 10.2. The maximum atomic E-state index is 11.5. The molecule has 0 spiro atoms. The molecule has 1 saturated heterocycles. The minimum atomic E-state index is -0.865. The number of hydrogen-bond acceptors (Lipinski definition) is 7. The lowest BCUT2D eigenvalue weighted by Crippen LogP contribution is -2.35. The van der Waals surface area contributed by atoms with Crippen molar-refractivity contribution in [1.82, 2.24) is 10.6 Å². The highest BCUT2D eigenvalue weighted by Gasteiger charge is 2.24. The largest absolute Gasteiger partial charge is 0.497 e. The van der Waals surface area contributed by atoms with Gasteiger partial charge in [0.15, 0.2) is 6.29 Å². The highest BCUT2D eigenvalue weighted by atomic mass is 16.7. The average molecular weight is 418 g/mol. The summed E-state index contributed by atoms with van der Waals surface area (Å²) in [5.74, 6) is 0.987. The monoisotopic (exact) mass is 418 g/mol. The van der Waals surface area contributed by atoms with E-state index in [0.717, 1.165) is 16.5 Å². The van der Waals surface area contributed by atoms with Crippen LogP contribution < -0.4 is 15.4 Å². The third kappa shape index (κ3) is 6.06. The number of aliphatic hydroxyl groups excluding tert-OH is 1. The van der Waals surface area contributed by atoms with E-state index in [2.05, 4.69) is 41.0 Å². The third-order valence-electron chi connectivity index (χ3n) is 5.12. The van der Waals surface area contributed by atoms with E-state index >= 15 is 0 Å². The van der Waals surface area contributed by atoms with E-state index in [9.17, 15) is 9.90 Å². The normalized spacial score (nSPS) is 20.0. The number of nitrogens with one attached hydrogen (secondary N) is 2. The number of likely N-dealkylation sites (N-methyl/N-ethyl adjacent to an activating group) is 1. The molecule has 0 aliphatic carbocycles. The molecular formula is C22H30N2O6. The molecule has 2 aromatic carbocycles. The Kier molecular flexibility index (Phi) is 8.27. The number of hydrogen-bond donors (Lipinski definition) is 3. The van der Waals surface area contributed by atoms with Crippen molar-refractivity contribution in [2.24, 2.45) is 0 Å². The molecule has 0 radical (unpaired) electrons. The Hall–Kier alpha value is -2.39. The zero-order valence-electron chi connectivity index (χ0n) is 17.4. The summed E-state index contributed by atoms with van der Waals surface area (Å²) >= 11 is 0. The van der Waals surface area contributed by atoms with Crippen LogP contribution in [0.25, 0.3) is 10.8 Å². The molecule has 1 atom stereocenters. The van der Waals surface area contributed by atoms with Gasteiger partial charge in [-0.2, -0.15) is 0 Å². The van der Waals surface area contributed by atoms with Crippen molar-refractivity contribution < 1.29 is 28.8 Å². The lowest BCUT2D eigenvalue weighted by atomic mass is 9.94. The van der Waals surface area contributed by atoms with E-state index < -0.39 is 12.3 Å². The Morgan fingerprint density at radius 3 is 2.80 bits per heavy atom. The summed E-state index contributed by atoms with van der Waals surface area (Å²) < 4.78 is 22.1. The van der Waals surface area contributed by atoms with E-state index in [-0.39, 0.29) is 18.8 Å². The van der Waals surface area contributed by atoms with Gasteiger partial charge >= 0.3 is 6.09 Å². The summed E-state index contributed by atoms with van der Waals surface area (Å²) in [5.41, 5.74) is 1.19. The first-order valence-corrected chi connectivity index (χ1v) is 10.2. The number of benzene rings is 2. The second-order valence-electron chi connectivity index (χ2n) is 7.20. The van der Waals surface area contributed by atoms with Crippen molar-refractivity contribution >= 4 is 16.9 Å². The molecule has 1 aliphatic heterocycles. The number of carbonyl (C=O) groups is 1. The lowest BCUT2D eigenvalue weighted by Gasteiger charge is -2.30. The molecule has 1 aliphatic rings. The van der Waals surface area contributed by atoms with Gasteiger partial charge in [0.05, 0.1) is 20.3 Å². The second kappa shape index (κ2) is 11.1. The predicted octanol–water partition coefficient (Wildman–Crippen LogP) is 2.35. The molecule has 164 valence electrons. The molecule has 0 bridgehead atoms. The number of carbonyl (C=O) groups excluding carboxylic acids is 1. The second-order valence-corrected chi connectivity index (χ2v) is 7.20. The molecule has 3 N–H and O–H groups in total. The quantitative estimate of drug-likeness (QED) is 0.425. The van der Waals surface area contributed by atoms with Crippen LogP contribution in [0.3, 0.4) is 0 Å². The number of ether oxygens (including phenoxy) is 4. The topological polar surface area (TPSA) is 98.3 Å². The van der Waals surface area contributed by atoms with Gasteiger partial charge in [-0.15, -0.1) is 0 Å². The Labute approximate surface area is 176 Å². The van der Waals surface area contributed by atoms with Gasteiger partial charge in [0.1, 0.15) is 18.6 Å². The van der Waals surface area contributed by atoms with Crippen LogP contribution in [-0.4, -0.2) is 64.2 Å². The van der Waals surface area contributed by atoms with E-state index in [1.165, 1.54) is 5.56 Å². The summed E-state index contributed by atoms with van der Waals surface area (Å²) in [5, 5.41) is 16.8. The molecule has 1 fully saturated rings. The van der Waals surface area contributed by atoms with Crippen molar-refractivity contribution in [3.05, 3.63) is 42.0 Å². The smallest absolute Gasteiger partial charge is 0.407 e. The van der Waals surface area contributed by atoms with Crippen molar-refractivity contribution in [3.63, 3.8) is 0 Å². The molecule has 2 aromatic rings. The first kappa shape index (κ1) is 22.3. The first-order chi connectivity index (χ1) is 14.6. The van der Waals surface area contributed by atoms with Crippen LogP contribution >= 0.6 is 0 Å². The molecule has 0 saturated carbocycles. The van der Waals surface area contributed by atoms with Crippen LogP contribution in [0.15, 0.2) is 36.4 Å². The van der Waals surface area contributed by atoms with Crippen molar-refractivity contribution in [3.8, 4) is 5.75 Å². The van der Waals surface area contributed by atoms with Gasteiger partial charge in [-0.25, -0.2) is 4.79 Å². The van der Waals surface area contributed by atoms with Crippen molar-refractivity contribution in [2.45, 2.75) is 31.3 Å². The predicted molar refractivity (Wildman–Crippen MR) is 113 cm³/mol. The summed E-state index contributed by atoms with van der Waals surface area (Å²) in [4.78, 5) is 11.5. The molecular weight excluding hydrogens is 388 g/mol. The Bertz CT molecular complexity index is 822. The van der Waals surface area contributed by atoms with E-state index in [1.54, 1.807) is 14.2 Å². The van der Waals surface area contributed by atoms with Gasteiger partial charge in [0, 0.05) is 18.9 Å². The van der Waals surface area contributed by atoms with E-state index in [1.807, 2.05) is 6.07 Å². The number of rotatable bonds is 9. The summed E-state index contributed by atoms with van der Waals surface area (Å²) in [6, 6.07) is 12.3. The van der Waals surface area contributed by atoms with Crippen LogP contribution in [0.4, 0.5) is 4.79 Å². The fourth-order valence-electron chi connectivity index (χ4n) is 3.40. The van der Waals surface area contributed by atoms with Crippen molar-refractivity contribution in [2.75, 3.05) is 40.5 Å².